The van der Waals surface area contributed by atoms with Crippen LogP contribution < -0.4 is 5.32 Å². The molecule has 1 N–H and O–H groups in total. The zero-order chi connectivity index (χ0) is 15.8. The summed E-state index contributed by atoms with van der Waals surface area (Å²) in [5, 5.41) is 3.27. The molecule has 0 unspecified atom stereocenters. The highest BCUT2D eigenvalue weighted by atomic mass is 19.1. The van der Waals surface area contributed by atoms with Crippen LogP contribution in [0.4, 0.5) is 4.39 Å². The van der Waals surface area contributed by atoms with Crippen LogP contribution in [0.15, 0.2) is 48.0 Å². The second kappa shape index (κ2) is 8.17. The van der Waals surface area contributed by atoms with Gasteiger partial charge in [-0.15, -0.1) is 0 Å². The third-order valence-corrected chi connectivity index (χ3v) is 3.21. The minimum absolute atomic E-state index is 0.215. The van der Waals surface area contributed by atoms with Crippen molar-refractivity contribution in [3.63, 3.8) is 0 Å². The maximum absolute atomic E-state index is 12.9. The summed E-state index contributed by atoms with van der Waals surface area (Å²) in [5.41, 5.74) is 1.05. The van der Waals surface area contributed by atoms with E-state index in [0.717, 1.165) is 24.6 Å². The monoisotopic (exact) mass is 303 g/mol. The number of benzene rings is 1. The van der Waals surface area contributed by atoms with Crippen LogP contribution in [0.1, 0.15) is 12.5 Å². The molecule has 2 rings (SSSR count). The number of halogens is 1. The van der Waals surface area contributed by atoms with Gasteiger partial charge in [-0.05, 0) is 24.6 Å². The van der Waals surface area contributed by atoms with Crippen molar-refractivity contribution in [2.75, 3.05) is 20.1 Å². The smallest absolute Gasteiger partial charge is 0.194 e. The highest BCUT2D eigenvalue weighted by molar-refractivity contribution is 5.79. The lowest BCUT2D eigenvalue weighted by atomic mass is 10.2. The lowest BCUT2D eigenvalue weighted by Crippen LogP contribution is -2.38. The van der Waals surface area contributed by atoms with Crippen LogP contribution in [0.3, 0.4) is 0 Å². The van der Waals surface area contributed by atoms with Gasteiger partial charge in [-0.1, -0.05) is 12.1 Å². The highest BCUT2D eigenvalue weighted by Crippen LogP contribution is 2.05. The zero-order valence-electron chi connectivity index (χ0n) is 13.0. The minimum Gasteiger partial charge on any atom is -0.357 e. The van der Waals surface area contributed by atoms with Gasteiger partial charge in [0.1, 0.15) is 5.82 Å². The van der Waals surface area contributed by atoms with E-state index < -0.39 is 0 Å². The second-order valence-electron chi connectivity index (χ2n) is 5.02. The molecule has 6 heteroatoms. The average Bonchev–Trinajstić information content (AvgIpc) is 3.02. The van der Waals surface area contributed by atoms with Gasteiger partial charge in [0.2, 0.25) is 0 Å². The first-order valence-corrected chi connectivity index (χ1v) is 7.38. The van der Waals surface area contributed by atoms with Gasteiger partial charge in [-0.25, -0.2) is 9.37 Å². The molecule has 22 heavy (non-hydrogen) atoms. The van der Waals surface area contributed by atoms with Gasteiger partial charge in [-0.2, -0.15) is 0 Å². The molecular weight excluding hydrogens is 281 g/mol. The molecule has 0 spiro atoms. The van der Waals surface area contributed by atoms with E-state index in [1.165, 1.54) is 12.1 Å². The molecule has 0 amide bonds. The van der Waals surface area contributed by atoms with Gasteiger partial charge in [-0.3, -0.25) is 4.99 Å². The molecule has 0 aliphatic rings. The van der Waals surface area contributed by atoms with E-state index in [2.05, 4.69) is 15.3 Å². The first-order valence-electron chi connectivity index (χ1n) is 7.38. The van der Waals surface area contributed by atoms with Crippen molar-refractivity contribution < 1.29 is 4.39 Å². The fourth-order valence-electron chi connectivity index (χ4n) is 2.10. The number of imidazole rings is 1. The Balaban J connectivity index is 1.94. The van der Waals surface area contributed by atoms with Gasteiger partial charge in [0.05, 0.1) is 12.9 Å². The standard InChI is InChI=1S/C16H22FN5/c1-3-19-16(20-9-11-22-10-8-18-13-22)21(2)12-14-4-6-15(17)7-5-14/h4-8,10,13H,3,9,11-12H2,1-2H3,(H,19,20). The summed E-state index contributed by atoms with van der Waals surface area (Å²) in [4.78, 5) is 10.7. The van der Waals surface area contributed by atoms with Crippen molar-refractivity contribution in [1.82, 2.24) is 19.8 Å². The molecule has 1 aromatic heterocycles. The Morgan fingerprint density at radius 3 is 2.77 bits per heavy atom. The summed E-state index contributed by atoms with van der Waals surface area (Å²) < 4.78 is 14.9. The van der Waals surface area contributed by atoms with E-state index in [9.17, 15) is 4.39 Å². The van der Waals surface area contributed by atoms with Crippen LogP contribution in [0.2, 0.25) is 0 Å². The van der Waals surface area contributed by atoms with E-state index in [-0.39, 0.29) is 5.82 Å². The van der Waals surface area contributed by atoms with E-state index in [0.29, 0.717) is 13.1 Å². The van der Waals surface area contributed by atoms with Gasteiger partial charge in [0, 0.05) is 39.1 Å². The molecule has 0 aliphatic heterocycles. The van der Waals surface area contributed by atoms with Crippen LogP contribution in [-0.4, -0.2) is 40.5 Å². The Morgan fingerprint density at radius 1 is 1.36 bits per heavy atom. The summed E-state index contributed by atoms with van der Waals surface area (Å²) >= 11 is 0. The summed E-state index contributed by atoms with van der Waals surface area (Å²) in [7, 11) is 1.97. The summed E-state index contributed by atoms with van der Waals surface area (Å²) in [5.74, 6) is 0.624. The van der Waals surface area contributed by atoms with Gasteiger partial charge >= 0.3 is 0 Å². The van der Waals surface area contributed by atoms with Gasteiger partial charge in [0.15, 0.2) is 5.96 Å². The second-order valence-corrected chi connectivity index (χ2v) is 5.02. The number of aliphatic imine (C=N–C) groups is 1. The molecule has 0 aliphatic carbocycles. The number of rotatable bonds is 6. The number of nitrogens with one attached hydrogen (secondary N) is 1. The first kappa shape index (κ1) is 16.0. The Labute approximate surface area is 130 Å². The predicted octanol–water partition coefficient (Wildman–Crippen LogP) is 2.12. The SMILES string of the molecule is CCNC(=NCCn1ccnc1)N(C)Cc1ccc(F)cc1. The molecule has 5 nitrogen and oxygen atoms in total. The normalized spacial score (nSPS) is 11.5. The number of hydrogen-bond donors (Lipinski definition) is 1. The van der Waals surface area contributed by atoms with Gasteiger partial charge < -0.3 is 14.8 Å². The maximum atomic E-state index is 12.9. The summed E-state index contributed by atoms with van der Waals surface area (Å²) in [6.07, 6.45) is 5.46. The molecule has 1 aromatic carbocycles. The van der Waals surface area contributed by atoms with Crippen molar-refractivity contribution in [3.8, 4) is 0 Å². The number of hydrogen-bond acceptors (Lipinski definition) is 2. The van der Waals surface area contributed by atoms with Crippen molar-refractivity contribution in [3.05, 3.63) is 54.4 Å². The Morgan fingerprint density at radius 2 is 2.14 bits per heavy atom. The quantitative estimate of drug-likeness (QED) is 0.657. The predicted molar refractivity (Wildman–Crippen MR) is 86.1 cm³/mol. The number of nitrogens with zero attached hydrogens (tertiary/aromatic N) is 4. The molecule has 0 saturated carbocycles. The van der Waals surface area contributed by atoms with Crippen LogP contribution >= 0.6 is 0 Å². The molecule has 0 bridgehead atoms. The molecule has 0 radical (unpaired) electrons. The van der Waals surface area contributed by atoms with Crippen LogP contribution in [-0.2, 0) is 13.1 Å². The zero-order valence-corrected chi connectivity index (χ0v) is 13.0. The summed E-state index contributed by atoms with van der Waals surface area (Å²) in [6, 6.07) is 6.54. The van der Waals surface area contributed by atoms with Crippen LogP contribution in [0.5, 0.6) is 0 Å². The lowest BCUT2D eigenvalue weighted by molar-refractivity contribution is 0.475. The van der Waals surface area contributed by atoms with Crippen LogP contribution in [0.25, 0.3) is 0 Å². The van der Waals surface area contributed by atoms with Crippen LogP contribution in [0, 0.1) is 5.82 Å². The molecule has 0 atom stereocenters. The topological polar surface area (TPSA) is 45.5 Å². The van der Waals surface area contributed by atoms with E-state index >= 15 is 0 Å². The minimum atomic E-state index is -0.215. The molecule has 118 valence electrons. The number of aromatic nitrogens is 2. The van der Waals surface area contributed by atoms with Crippen molar-refractivity contribution in [1.29, 1.82) is 0 Å². The Kier molecular flexibility index (Phi) is 5.94. The molecule has 0 saturated heterocycles. The Bertz CT molecular complexity index is 577. The van der Waals surface area contributed by atoms with Crippen molar-refractivity contribution in [2.45, 2.75) is 20.0 Å². The third kappa shape index (κ3) is 4.87. The maximum Gasteiger partial charge on any atom is 0.194 e. The molecular formula is C16H22FN5. The van der Waals surface area contributed by atoms with E-state index in [4.69, 9.17) is 0 Å². The molecule has 1 heterocycles. The fourth-order valence-corrected chi connectivity index (χ4v) is 2.10. The average molecular weight is 303 g/mol. The number of guanidine groups is 1. The summed E-state index contributed by atoms with van der Waals surface area (Å²) in [6.45, 7) is 4.98. The first-order chi connectivity index (χ1) is 10.7. The van der Waals surface area contributed by atoms with Crippen molar-refractivity contribution >= 4 is 5.96 Å². The van der Waals surface area contributed by atoms with Crippen molar-refractivity contribution in [2.24, 2.45) is 4.99 Å². The molecule has 2 aromatic rings. The van der Waals surface area contributed by atoms with Gasteiger partial charge in [0.25, 0.3) is 0 Å². The van der Waals surface area contributed by atoms with E-state index in [1.54, 1.807) is 24.7 Å². The largest absolute Gasteiger partial charge is 0.357 e. The fraction of sp³-hybridized carbons (Fsp3) is 0.375. The van der Waals surface area contributed by atoms with E-state index in [1.807, 2.05) is 29.6 Å². The molecule has 0 fully saturated rings. The lowest BCUT2D eigenvalue weighted by Gasteiger charge is -2.22. The highest BCUT2D eigenvalue weighted by Gasteiger charge is 2.06. The third-order valence-electron chi connectivity index (χ3n) is 3.21. The Hall–Kier alpha value is -2.37.